The summed E-state index contributed by atoms with van der Waals surface area (Å²) in [5.41, 5.74) is 1.76. The van der Waals surface area contributed by atoms with Crippen LogP contribution in [0.3, 0.4) is 0 Å². The minimum absolute atomic E-state index is 0.0509. The van der Waals surface area contributed by atoms with E-state index in [2.05, 4.69) is 5.32 Å². The molecule has 0 spiro atoms. The first-order chi connectivity index (χ1) is 9.22. The molecule has 0 bridgehead atoms. The van der Waals surface area contributed by atoms with Crippen molar-refractivity contribution in [2.45, 2.75) is 6.54 Å². The maximum atomic E-state index is 13.4. The van der Waals surface area contributed by atoms with Gasteiger partial charge in [0.1, 0.15) is 17.6 Å². The Balaban J connectivity index is 2.02. The quantitative estimate of drug-likeness (QED) is 0.912. The first kappa shape index (κ1) is 12.9. The van der Waals surface area contributed by atoms with Crippen molar-refractivity contribution in [2.75, 3.05) is 12.4 Å². The number of methoxy groups -OCH3 is 1. The average molecular weight is 256 g/mol. The fourth-order valence-corrected chi connectivity index (χ4v) is 1.66. The summed E-state index contributed by atoms with van der Waals surface area (Å²) in [7, 11) is 1.62. The van der Waals surface area contributed by atoms with E-state index in [0.717, 1.165) is 11.3 Å². The van der Waals surface area contributed by atoms with Gasteiger partial charge in [-0.15, -0.1) is 0 Å². The van der Waals surface area contributed by atoms with Crippen LogP contribution in [0.25, 0.3) is 0 Å². The van der Waals surface area contributed by atoms with Gasteiger partial charge in [-0.1, -0.05) is 12.1 Å². The molecular weight excluding hydrogens is 243 g/mol. The van der Waals surface area contributed by atoms with Crippen molar-refractivity contribution in [1.82, 2.24) is 0 Å². The number of anilines is 1. The summed E-state index contributed by atoms with van der Waals surface area (Å²) in [6.45, 7) is 0.579. The van der Waals surface area contributed by atoms with E-state index in [4.69, 9.17) is 10.00 Å². The van der Waals surface area contributed by atoms with Gasteiger partial charge in [-0.3, -0.25) is 0 Å². The van der Waals surface area contributed by atoms with Crippen LogP contribution in [0.1, 0.15) is 11.1 Å². The topological polar surface area (TPSA) is 45.0 Å². The molecule has 4 heteroatoms. The monoisotopic (exact) mass is 256 g/mol. The van der Waals surface area contributed by atoms with Crippen LogP contribution in [0.5, 0.6) is 5.75 Å². The standard InChI is InChI=1S/C15H13FN2O/c1-19-14-6-2-11(3-7-14)10-18-13-5-4-12(9-17)15(16)8-13/h2-8,18H,10H2,1H3. The SMILES string of the molecule is COc1ccc(CNc2ccc(C#N)c(F)c2)cc1. The van der Waals surface area contributed by atoms with Crippen LogP contribution in [0.2, 0.25) is 0 Å². The second-order valence-electron chi connectivity index (χ2n) is 4.01. The number of nitriles is 1. The molecule has 0 atom stereocenters. The third-order valence-corrected chi connectivity index (χ3v) is 2.75. The van der Waals surface area contributed by atoms with Gasteiger partial charge in [0.15, 0.2) is 0 Å². The van der Waals surface area contributed by atoms with Gasteiger partial charge >= 0.3 is 0 Å². The van der Waals surface area contributed by atoms with Crippen LogP contribution in [-0.2, 0) is 6.54 Å². The van der Waals surface area contributed by atoms with E-state index in [1.54, 1.807) is 19.2 Å². The smallest absolute Gasteiger partial charge is 0.143 e. The molecule has 0 aliphatic heterocycles. The van der Waals surface area contributed by atoms with Crippen molar-refractivity contribution in [3.63, 3.8) is 0 Å². The van der Waals surface area contributed by atoms with Crippen LogP contribution >= 0.6 is 0 Å². The van der Waals surface area contributed by atoms with E-state index in [1.165, 1.54) is 12.1 Å². The van der Waals surface area contributed by atoms with Gasteiger partial charge < -0.3 is 10.1 Å². The first-order valence-corrected chi connectivity index (χ1v) is 5.79. The van der Waals surface area contributed by atoms with Gasteiger partial charge in [-0.05, 0) is 35.9 Å². The highest BCUT2D eigenvalue weighted by atomic mass is 19.1. The second-order valence-corrected chi connectivity index (χ2v) is 4.01. The molecule has 0 aromatic heterocycles. The predicted octanol–water partition coefficient (Wildman–Crippen LogP) is 3.32. The fraction of sp³-hybridized carbons (Fsp3) is 0.133. The molecule has 0 aliphatic rings. The summed E-state index contributed by atoms with van der Waals surface area (Å²) in [5, 5.41) is 11.7. The Morgan fingerprint density at radius 2 is 1.95 bits per heavy atom. The van der Waals surface area contributed by atoms with Crippen molar-refractivity contribution in [1.29, 1.82) is 5.26 Å². The zero-order chi connectivity index (χ0) is 13.7. The second kappa shape index (κ2) is 5.87. The Bertz CT molecular complexity index is 603. The molecule has 0 unspecified atom stereocenters. The summed E-state index contributed by atoms with van der Waals surface area (Å²) in [6, 6.07) is 13.9. The molecule has 0 aliphatic carbocycles. The Kier molecular flexibility index (Phi) is 3.99. The largest absolute Gasteiger partial charge is 0.497 e. The van der Waals surface area contributed by atoms with E-state index in [1.807, 2.05) is 24.3 Å². The van der Waals surface area contributed by atoms with Crippen molar-refractivity contribution in [2.24, 2.45) is 0 Å². The number of hydrogen-bond acceptors (Lipinski definition) is 3. The lowest BCUT2D eigenvalue weighted by atomic mass is 10.2. The highest BCUT2D eigenvalue weighted by Crippen LogP contribution is 2.16. The van der Waals surface area contributed by atoms with Gasteiger partial charge in [0.25, 0.3) is 0 Å². The van der Waals surface area contributed by atoms with Crippen LogP contribution in [0.15, 0.2) is 42.5 Å². The number of nitrogens with zero attached hydrogens (tertiary/aromatic N) is 1. The van der Waals surface area contributed by atoms with Crippen LogP contribution < -0.4 is 10.1 Å². The predicted molar refractivity (Wildman–Crippen MR) is 71.4 cm³/mol. The zero-order valence-corrected chi connectivity index (χ0v) is 10.5. The van der Waals surface area contributed by atoms with Gasteiger partial charge in [0, 0.05) is 12.2 Å². The maximum Gasteiger partial charge on any atom is 0.143 e. The van der Waals surface area contributed by atoms with Gasteiger partial charge in [-0.25, -0.2) is 4.39 Å². The molecule has 0 radical (unpaired) electrons. The molecule has 0 heterocycles. The summed E-state index contributed by atoms with van der Waals surface area (Å²) in [4.78, 5) is 0. The lowest BCUT2D eigenvalue weighted by molar-refractivity contribution is 0.414. The molecule has 0 saturated carbocycles. The van der Waals surface area contributed by atoms with E-state index < -0.39 is 5.82 Å². The number of hydrogen-bond donors (Lipinski definition) is 1. The van der Waals surface area contributed by atoms with Crippen molar-refractivity contribution < 1.29 is 9.13 Å². The molecule has 2 aromatic rings. The van der Waals surface area contributed by atoms with Crippen molar-refractivity contribution in [3.05, 3.63) is 59.4 Å². The minimum Gasteiger partial charge on any atom is -0.497 e. The molecule has 1 N–H and O–H groups in total. The van der Waals surface area contributed by atoms with Crippen LogP contribution in [0, 0.1) is 17.1 Å². The molecule has 2 aromatic carbocycles. The Morgan fingerprint density at radius 3 is 2.53 bits per heavy atom. The van der Waals surface area contributed by atoms with Crippen molar-refractivity contribution >= 4 is 5.69 Å². The number of rotatable bonds is 4. The minimum atomic E-state index is -0.512. The summed E-state index contributed by atoms with van der Waals surface area (Å²) in [5.74, 6) is 0.287. The normalized spacial score (nSPS) is 9.74. The highest BCUT2D eigenvalue weighted by Gasteiger charge is 2.02. The number of benzene rings is 2. The lowest BCUT2D eigenvalue weighted by Crippen LogP contribution is -2.00. The van der Waals surface area contributed by atoms with E-state index in [0.29, 0.717) is 12.2 Å². The highest BCUT2D eigenvalue weighted by molar-refractivity contribution is 5.48. The van der Waals surface area contributed by atoms with E-state index in [9.17, 15) is 4.39 Å². The lowest BCUT2D eigenvalue weighted by Gasteiger charge is -2.07. The van der Waals surface area contributed by atoms with Crippen LogP contribution in [-0.4, -0.2) is 7.11 Å². The van der Waals surface area contributed by atoms with Gasteiger partial charge in [0.05, 0.1) is 12.7 Å². The number of halogens is 1. The average Bonchev–Trinajstić information content (AvgIpc) is 2.46. The molecule has 3 nitrogen and oxygen atoms in total. The third kappa shape index (κ3) is 3.23. The Hall–Kier alpha value is -2.54. The van der Waals surface area contributed by atoms with Gasteiger partial charge in [-0.2, -0.15) is 5.26 Å². The Morgan fingerprint density at radius 1 is 1.21 bits per heavy atom. The summed E-state index contributed by atoms with van der Waals surface area (Å²) < 4.78 is 18.5. The third-order valence-electron chi connectivity index (χ3n) is 2.75. The van der Waals surface area contributed by atoms with Crippen LogP contribution in [0.4, 0.5) is 10.1 Å². The van der Waals surface area contributed by atoms with Crippen molar-refractivity contribution in [3.8, 4) is 11.8 Å². The molecule has 19 heavy (non-hydrogen) atoms. The maximum absolute atomic E-state index is 13.4. The fourth-order valence-electron chi connectivity index (χ4n) is 1.66. The number of ether oxygens (including phenoxy) is 1. The zero-order valence-electron chi connectivity index (χ0n) is 10.5. The van der Waals surface area contributed by atoms with E-state index >= 15 is 0 Å². The Labute approximate surface area is 111 Å². The summed E-state index contributed by atoms with van der Waals surface area (Å²) in [6.07, 6.45) is 0. The molecule has 96 valence electrons. The molecule has 2 rings (SSSR count). The molecular formula is C15H13FN2O. The summed E-state index contributed by atoms with van der Waals surface area (Å²) >= 11 is 0. The first-order valence-electron chi connectivity index (χ1n) is 5.79. The molecule has 0 amide bonds. The molecule has 0 fully saturated rings. The van der Waals surface area contributed by atoms with E-state index in [-0.39, 0.29) is 5.56 Å². The number of nitrogens with one attached hydrogen (secondary N) is 1. The molecule has 0 saturated heterocycles. The van der Waals surface area contributed by atoms with Gasteiger partial charge in [0.2, 0.25) is 0 Å².